The van der Waals surface area contributed by atoms with E-state index in [0.29, 0.717) is 25.6 Å². The highest BCUT2D eigenvalue weighted by atomic mass is 16.7. The van der Waals surface area contributed by atoms with Crippen LogP contribution in [0.15, 0.2) is 12.4 Å². The molecule has 3 rings (SSSR count). The quantitative estimate of drug-likeness (QED) is 0.688. The van der Waals surface area contributed by atoms with Gasteiger partial charge in [-0.3, -0.25) is 4.79 Å². The van der Waals surface area contributed by atoms with Crippen LogP contribution in [0.3, 0.4) is 0 Å². The van der Waals surface area contributed by atoms with E-state index < -0.39 is 18.3 Å². The highest BCUT2D eigenvalue weighted by Gasteiger charge is 2.52. The molecular formula is C21H35BN4O4. The van der Waals surface area contributed by atoms with Gasteiger partial charge in [0.05, 0.1) is 16.8 Å². The van der Waals surface area contributed by atoms with E-state index in [1.165, 1.54) is 0 Å². The van der Waals surface area contributed by atoms with Crippen LogP contribution in [0.4, 0.5) is 5.95 Å². The third-order valence-electron chi connectivity index (χ3n) is 6.05. The zero-order valence-electron chi connectivity index (χ0n) is 19.6. The molecule has 0 N–H and O–H groups in total. The average molecular weight is 418 g/mol. The van der Waals surface area contributed by atoms with Crippen molar-refractivity contribution in [3.05, 3.63) is 12.4 Å². The first-order valence-electron chi connectivity index (χ1n) is 10.6. The summed E-state index contributed by atoms with van der Waals surface area (Å²) in [6.45, 7) is 18.1. The molecule has 2 aliphatic rings. The van der Waals surface area contributed by atoms with Crippen LogP contribution in [-0.2, 0) is 18.8 Å². The first-order chi connectivity index (χ1) is 13.8. The second-order valence-electron chi connectivity index (χ2n) is 10.2. The van der Waals surface area contributed by atoms with Crippen LogP contribution < -0.4 is 10.4 Å². The molecule has 2 fully saturated rings. The van der Waals surface area contributed by atoms with E-state index in [9.17, 15) is 4.79 Å². The molecule has 2 saturated heterocycles. The van der Waals surface area contributed by atoms with Gasteiger partial charge in [-0.25, -0.2) is 9.97 Å². The summed E-state index contributed by atoms with van der Waals surface area (Å²) in [5.74, 6) is 0.675. The third kappa shape index (κ3) is 4.95. The highest BCUT2D eigenvalue weighted by molar-refractivity contribution is 6.61. The summed E-state index contributed by atoms with van der Waals surface area (Å²) in [7, 11) is -0.473. The molecule has 0 aromatic carbocycles. The van der Waals surface area contributed by atoms with Crippen molar-refractivity contribution in [2.75, 3.05) is 31.1 Å². The summed E-state index contributed by atoms with van der Waals surface area (Å²) in [5.41, 5.74) is -0.316. The Hall–Kier alpha value is -1.71. The predicted molar refractivity (Wildman–Crippen MR) is 117 cm³/mol. The van der Waals surface area contributed by atoms with Crippen LogP contribution in [0.25, 0.3) is 0 Å². The minimum Gasteiger partial charge on any atom is -0.399 e. The van der Waals surface area contributed by atoms with Gasteiger partial charge in [0, 0.05) is 43.5 Å². The van der Waals surface area contributed by atoms with E-state index in [0.717, 1.165) is 5.46 Å². The number of aromatic nitrogens is 2. The van der Waals surface area contributed by atoms with Crippen molar-refractivity contribution < 1.29 is 18.8 Å². The summed E-state index contributed by atoms with van der Waals surface area (Å²) in [4.78, 5) is 25.5. The first kappa shape index (κ1) is 23.0. The Labute approximate surface area is 180 Å². The minimum atomic E-state index is -0.473. The summed E-state index contributed by atoms with van der Waals surface area (Å²) < 4.78 is 17.8. The van der Waals surface area contributed by atoms with Gasteiger partial charge in [-0.05, 0) is 55.4 Å². The predicted octanol–water partition coefficient (Wildman–Crippen LogP) is 1.63. The van der Waals surface area contributed by atoms with E-state index in [4.69, 9.17) is 14.0 Å². The van der Waals surface area contributed by atoms with Gasteiger partial charge < -0.3 is 23.8 Å². The molecule has 9 heteroatoms. The lowest BCUT2D eigenvalue weighted by atomic mass is 9.81. The molecule has 0 aliphatic carbocycles. The molecule has 8 nitrogen and oxygen atoms in total. The lowest BCUT2D eigenvalue weighted by molar-refractivity contribution is -0.141. The molecular weight excluding hydrogens is 383 g/mol. The Balaban J connectivity index is 1.60. The largest absolute Gasteiger partial charge is 0.498 e. The minimum absolute atomic E-state index is 0.0217. The van der Waals surface area contributed by atoms with Crippen molar-refractivity contribution >= 4 is 24.4 Å². The lowest BCUT2D eigenvalue weighted by Crippen LogP contribution is -2.55. The topological polar surface area (TPSA) is 77.0 Å². The van der Waals surface area contributed by atoms with Crippen molar-refractivity contribution in [2.24, 2.45) is 0 Å². The molecule has 1 aromatic rings. The number of piperazine rings is 1. The van der Waals surface area contributed by atoms with E-state index in [-0.39, 0.29) is 24.2 Å². The Kier molecular flexibility index (Phi) is 6.19. The van der Waals surface area contributed by atoms with Gasteiger partial charge in [0.1, 0.15) is 6.61 Å². The molecule has 1 atom stereocenters. The van der Waals surface area contributed by atoms with Crippen LogP contribution in [0.5, 0.6) is 0 Å². The number of ether oxygens (including phenoxy) is 1. The normalized spacial score (nSPS) is 23.7. The molecule has 1 amide bonds. The zero-order chi connectivity index (χ0) is 22.3. The van der Waals surface area contributed by atoms with Crippen molar-refractivity contribution in [3.63, 3.8) is 0 Å². The molecule has 2 aliphatic heterocycles. The average Bonchev–Trinajstić information content (AvgIpc) is 2.86. The summed E-state index contributed by atoms with van der Waals surface area (Å²) in [6.07, 6.45) is 3.54. The summed E-state index contributed by atoms with van der Waals surface area (Å²) in [5, 5.41) is 0. The van der Waals surface area contributed by atoms with Gasteiger partial charge >= 0.3 is 7.12 Å². The number of rotatable bonds is 4. The summed E-state index contributed by atoms with van der Waals surface area (Å²) in [6, 6.07) is 0.111. The number of nitrogens with zero attached hydrogens (tertiary/aromatic N) is 4. The zero-order valence-corrected chi connectivity index (χ0v) is 19.6. The number of carbonyl (C=O) groups is 1. The van der Waals surface area contributed by atoms with Gasteiger partial charge in [-0.1, -0.05) is 0 Å². The van der Waals surface area contributed by atoms with Crippen molar-refractivity contribution in [2.45, 2.75) is 78.2 Å². The van der Waals surface area contributed by atoms with Crippen LogP contribution in [0, 0.1) is 0 Å². The Morgan fingerprint density at radius 3 is 2.23 bits per heavy atom. The molecule has 1 aromatic heterocycles. The smallest absolute Gasteiger partial charge is 0.399 e. The van der Waals surface area contributed by atoms with Gasteiger partial charge in [0.25, 0.3) is 0 Å². The van der Waals surface area contributed by atoms with Crippen molar-refractivity contribution in [1.29, 1.82) is 0 Å². The molecule has 0 bridgehead atoms. The monoisotopic (exact) mass is 418 g/mol. The van der Waals surface area contributed by atoms with E-state index in [2.05, 4.69) is 21.8 Å². The second kappa shape index (κ2) is 8.09. The van der Waals surface area contributed by atoms with Crippen LogP contribution >= 0.6 is 0 Å². The second-order valence-corrected chi connectivity index (χ2v) is 10.2. The van der Waals surface area contributed by atoms with Gasteiger partial charge in [0.15, 0.2) is 0 Å². The molecule has 166 valence electrons. The first-order valence-corrected chi connectivity index (χ1v) is 10.6. The fraction of sp³-hybridized carbons (Fsp3) is 0.762. The maximum absolute atomic E-state index is 12.5. The Bertz CT molecular complexity index is 747. The summed E-state index contributed by atoms with van der Waals surface area (Å²) >= 11 is 0. The lowest BCUT2D eigenvalue weighted by Gasteiger charge is -2.40. The van der Waals surface area contributed by atoms with E-state index in [1.807, 2.05) is 53.4 Å². The molecule has 0 saturated carbocycles. The molecule has 0 radical (unpaired) electrons. The Morgan fingerprint density at radius 2 is 1.73 bits per heavy atom. The van der Waals surface area contributed by atoms with Gasteiger partial charge in [-0.2, -0.15) is 0 Å². The standard InChI is InChI=1S/C21H35BN4O4/c1-15-13-25(17(27)14-28-19(2,3)4)9-10-26(15)18-23-11-16(12-24-18)22-29-20(5,6)21(7,8)30-22/h11-12,15H,9-10,13-14H2,1-8H3/t15-/m1/s1. The number of anilines is 1. The molecule has 30 heavy (non-hydrogen) atoms. The molecule has 3 heterocycles. The number of amides is 1. The molecule has 0 spiro atoms. The van der Waals surface area contributed by atoms with Crippen LogP contribution in [0.1, 0.15) is 55.4 Å². The number of carbonyl (C=O) groups excluding carboxylic acids is 1. The van der Waals surface area contributed by atoms with Crippen molar-refractivity contribution in [3.8, 4) is 0 Å². The molecule has 0 unspecified atom stereocenters. The van der Waals surface area contributed by atoms with E-state index >= 15 is 0 Å². The van der Waals surface area contributed by atoms with Gasteiger partial charge in [0.2, 0.25) is 11.9 Å². The maximum atomic E-state index is 12.5. The highest BCUT2D eigenvalue weighted by Crippen LogP contribution is 2.36. The van der Waals surface area contributed by atoms with Gasteiger partial charge in [-0.15, -0.1) is 0 Å². The van der Waals surface area contributed by atoms with Crippen molar-refractivity contribution in [1.82, 2.24) is 14.9 Å². The SMILES string of the molecule is C[C@@H]1CN(C(=O)COC(C)(C)C)CCN1c1ncc(B2OC(C)(C)C(C)(C)O2)cn1. The third-order valence-corrected chi connectivity index (χ3v) is 6.05. The Morgan fingerprint density at radius 1 is 1.17 bits per heavy atom. The van der Waals surface area contributed by atoms with Crippen LogP contribution in [-0.4, -0.2) is 77.0 Å². The number of hydrogen-bond donors (Lipinski definition) is 0. The van der Waals surface area contributed by atoms with Crippen LogP contribution in [0.2, 0.25) is 0 Å². The fourth-order valence-corrected chi connectivity index (χ4v) is 3.43. The number of hydrogen-bond acceptors (Lipinski definition) is 7. The van der Waals surface area contributed by atoms with E-state index in [1.54, 1.807) is 12.4 Å². The fourth-order valence-electron chi connectivity index (χ4n) is 3.43. The maximum Gasteiger partial charge on any atom is 0.498 e.